The van der Waals surface area contributed by atoms with E-state index in [1.807, 2.05) is 7.05 Å². The summed E-state index contributed by atoms with van der Waals surface area (Å²) < 4.78 is 5.49. The molecule has 0 bridgehead atoms. The van der Waals surface area contributed by atoms with Crippen LogP contribution in [0.25, 0.3) is 0 Å². The van der Waals surface area contributed by atoms with E-state index in [4.69, 9.17) is 4.74 Å². The quantitative estimate of drug-likeness (QED) is 0.882. The van der Waals surface area contributed by atoms with Crippen LogP contribution >= 0.6 is 0 Å². The largest absolute Gasteiger partial charge is 0.379 e. The third-order valence-electron chi connectivity index (χ3n) is 3.83. The van der Waals surface area contributed by atoms with Crippen LogP contribution in [0.5, 0.6) is 0 Å². The van der Waals surface area contributed by atoms with Gasteiger partial charge in [-0.15, -0.1) is 0 Å². The lowest BCUT2D eigenvalue weighted by Crippen LogP contribution is -2.47. The second kappa shape index (κ2) is 6.32. The molecular formula is C15H24N2O. The minimum absolute atomic E-state index is 0.395. The van der Waals surface area contributed by atoms with Gasteiger partial charge in [-0.05, 0) is 32.0 Å². The Hall–Kier alpha value is -0.900. The van der Waals surface area contributed by atoms with Crippen molar-refractivity contribution in [3.8, 4) is 0 Å². The molecule has 0 aromatic heterocycles. The first kappa shape index (κ1) is 13.5. The standard InChI is InChI=1S/C15H24N2O/c1-12-6-4-5-7-14(12)15(16-3)10-17-8-9-18-11-13(17)2/h4-7,13,15-16H,8-11H2,1-3H3. The van der Waals surface area contributed by atoms with Gasteiger partial charge in [0, 0.05) is 25.2 Å². The second-order valence-electron chi connectivity index (χ2n) is 5.12. The smallest absolute Gasteiger partial charge is 0.0619 e. The van der Waals surface area contributed by atoms with Crippen LogP contribution in [0.2, 0.25) is 0 Å². The fourth-order valence-corrected chi connectivity index (χ4v) is 2.59. The van der Waals surface area contributed by atoms with Crippen LogP contribution in [-0.2, 0) is 4.74 Å². The van der Waals surface area contributed by atoms with Crippen LogP contribution in [0.1, 0.15) is 24.1 Å². The predicted molar refractivity (Wildman–Crippen MR) is 74.8 cm³/mol. The van der Waals surface area contributed by atoms with Crippen molar-refractivity contribution in [2.75, 3.05) is 33.4 Å². The fourth-order valence-electron chi connectivity index (χ4n) is 2.59. The van der Waals surface area contributed by atoms with Gasteiger partial charge in [0.15, 0.2) is 0 Å². The van der Waals surface area contributed by atoms with E-state index in [0.29, 0.717) is 12.1 Å². The molecule has 1 aliphatic heterocycles. The number of likely N-dealkylation sites (N-methyl/N-ethyl adjacent to an activating group) is 1. The highest BCUT2D eigenvalue weighted by atomic mass is 16.5. The number of nitrogens with zero attached hydrogens (tertiary/aromatic N) is 1. The van der Waals surface area contributed by atoms with Crippen molar-refractivity contribution in [3.63, 3.8) is 0 Å². The van der Waals surface area contributed by atoms with Crippen molar-refractivity contribution < 1.29 is 4.74 Å². The molecular weight excluding hydrogens is 224 g/mol. The highest BCUT2D eigenvalue weighted by Gasteiger charge is 2.22. The first-order valence-electron chi connectivity index (χ1n) is 6.77. The number of hydrogen-bond acceptors (Lipinski definition) is 3. The fraction of sp³-hybridized carbons (Fsp3) is 0.600. The van der Waals surface area contributed by atoms with Gasteiger partial charge in [-0.2, -0.15) is 0 Å². The van der Waals surface area contributed by atoms with E-state index in [1.54, 1.807) is 0 Å². The Bertz CT molecular complexity index is 381. The summed E-state index contributed by atoms with van der Waals surface area (Å²) >= 11 is 0. The molecule has 1 fully saturated rings. The summed E-state index contributed by atoms with van der Waals surface area (Å²) in [5.41, 5.74) is 2.76. The Kier molecular flexibility index (Phi) is 4.75. The summed E-state index contributed by atoms with van der Waals surface area (Å²) in [6, 6.07) is 9.54. The van der Waals surface area contributed by atoms with Gasteiger partial charge in [0.05, 0.1) is 13.2 Å². The number of benzene rings is 1. The van der Waals surface area contributed by atoms with Gasteiger partial charge < -0.3 is 10.1 Å². The predicted octanol–water partition coefficient (Wildman–Crippen LogP) is 1.98. The highest BCUT2D eigenvalue weighted by Crippen LogP contribution is 2.20. The summed E-state index contributed by atoms with van der Waals surface area (Å²) in [5, 5.41) is 3.44. The zero-order chi connectivity index (χ0) is 13.0. The average Bonchev–Trinajstić information content (AvgIpc) is 2.39. The molecule has 2 rings (SSSR count). The SMILES string of the molecule is CNC(CN1CCOCC1C)c1ccccc1C. The lowest BCUT2D eigenvalue weighted by molar-refractivity contribution is -0.00418. The Labute approximate surface area is 110 Å². The Morgan fingerprint density at radius 3 is 2.89 bits per heavy atom. The van der Waals surface area contributed by atoms with Crippen molar-refractivity contribution in [2.45, 2.75) is 25.9 Å². The zero-order valence-electron chi connectivity index (χ0n) is 11.6. The van der Waals surface area contributed by atoms with E-state index in [2.05, 4.69) is 48.3 Å². The van der Waals surface area contributed by atoms with Crippen LogP contribution in [-0.4, -0.2) is 44.3 Å². The number of nitrogens with one attached hydrogen (secondary N) is 1. The van der Waals surface area contributed by atoms with E-state index in [0.717, 1.165) is 26.3 Å². The van der Waals surface area contributed by atoms with E-state index in [1.165, 1.54) is 11.1 Å². The average molecular weight is 248 g/mol. The second-order valence-corrected chi connectivity index (χ2v) is 5.12. The molecule has 1 saturated heterocycles. The highest BCUT2D eigenvalue weighted by molar-refractivity contribution is 5.29. The van der Waals surface area contributed by atoms with Crippen LogP contribution in [0.4, 0.5) is 0 Å². The number of aryl methyl sites for hydroxylation is 1. The van der Waals surface area contributed by atoms with Crippen LogP contribution < -0.4 is 5.32 Å². The molecule has 0 saturated carbocycles. The van der Waals surface area contributed by atoms with Crippen molar-refractivity contribution in [3.05, 3.63) is 35.4 Å². The minimum atomic E-state index is 0.395. The topological polar surface area (TPSA) is 24.5 Å². The first-order chi connectivity index (χ1) is 8.72. The molecule has 2 unspecified atom stereocenters. The number of rotatable bonds is 4. The summed E-state index contributed by atoms with van der Waals surface area (Å²) in [6.07, 6.45) is 0. The minimum Gasteiger partial charge on any atom is -0.379 e. The molecule has 0 amide bonds. The number of ether oxygens (including phenoxy) is 1. The van der Waals surface area contributed by atoms with Gasteiger partial charge >= 0.3 is 0 Å². The Balaban J connectivity index is 2.07. The molecule has 18 heavy (non-hydrogen) atoms. The van der Waals surface area contributed by atoms with Crippen molar-refractivity contribution in [1.82, 2.24) is 10.2 Å². The van der Waals surface area contributed by atoms with Crippen LogP contribution in [0.15, 0.2) is 24.3 Å². The molecule has 2 atom stereocenters. The lowest BCUT2D eigenvalue weighted by atomic mass is 10.0. The van der Waals surface area contributed by atoms with Crippen molar-refractivity contribution >= 4 is 0 Å². The maximum absolute atomic E-state index is 5.49. The van der Waals surface area contributed by atoms with Gasteiger partial charge in [0.1, 0.15) is 0 Å². The monoisotopic (exact) mass is 248 g/mol. The van der Waals surface area contributed by atoms with Gasteiger partial charge in [-0.25, -0.2) is 0 Å². The molecule has 0 radical (unpaired) electrons. The first-order valence-corrected chi connectivity index (χ1v) is 6.77. The van der Waals surface area contributed by atoms with Gasteiger partial charge in [0.25, 0.3) is 0 Å². The zero-order valence-corrected chi connectivity index (χ0v) is 11.6. The van der Waals surface area contributed by atoms with Crippen LogP contribution in [0.3, 0.4) is 0 Å². The molecule has 1 heterocycles. The summed E-state index contributed by atoms with van der Waals surface area (Å²) in [4.78, 5) is 2.51. The van der Waals surface area contributed by atoms with E-state index in [9.17, 15) is 0 Å². The van der Waals surface area contributed by atoms with E-state index < -0.39 is 0 Å². The molecule has 0 spiro atoms. The molecule has 1 aromatic rings. The van der Waals surface area contributed by atoms with Crippen molar-refractivity contribution in [2.24, 2.45) is 0 Å². The molecule has 1 aromatic carbocycles. The van der Waals surface area contributed by atoms with Gasteiger partial charge in [0.2, 0.25) is 0 Å². The Morgan fingerprint density at radius 1 is 1.44 bits per heavy atom. The van der Waals surface area contributed by atoms with Gasteiger partial charge in [-0.1, -0.05) is 24.3 Å². The van der Waals surface area contributed by atoms with Crippen molar-refractivity contribution in [1.29, 1.82) is 0 Å². The lowest BCUT2D eigenvalue weighted by Gasteiger charge is -2.36. The van der Waals surface area contributed by atoms with Crippen LogP contribution in [0, 0.1) is 6.92 Å². The van der Waals surface area contributed by atoms with Gasteiger partial charge in [-0.3, -0.25) is 4.90 Å². The number of morpholine rings is 1. The van der Waals surface area contributed by atoms with E-state index >= 15 is 0 Å². The third-order valence-corrected chi connectivity index (χ3v) is 3.83. The molecule has 1 aliphatic rings. The molecule has 3 nitrogen and oxygen atoms in total. The maximum Gasteiger partial charge on any atom is 0.0619 e. The Morgan fingerprint density at radius 2 is 2.22 bits per heavy atom. The van der Waals surface area contributed by atoms with E-state index in [-0.39, 0.29) is 0 Å². The molecule has 1 N–H and O–H groups in total. The molecule has 100 valence electrons. The maximum atomic E-state index is 5.49. The molecule has 0 aliphatic carbocycles. The molecule has 3 heteroatoms. The normalized spacial score (nSPS) is 22.9. The summed E-state index contributed by atoms with van der Waals surface area (Å²) in [5.74, 6) is 0. The summed E-state index contributed by atoms with van der Waals surface area (Å²) in [7, 11) is 2.04. The number of hydrogen-bond donors (Lipinski definition) is 1. The summed E-state index contributed by atoms with van der Waals surface area (Å²) in [6.45, 7) is 8.21. The third kappa shape index (κ3) is 3.10.